The van der Waals surface area contributed by atoms with E-state index in [1.54, 1.807) is 6.92 Å². The molecule has 0 heterocycles. The van der Waals surface area contributed by atoms with Crippen molar-refractivity contribution in [1.82, 2.24) is 0 Å². The molecule has 0 saturated heterocycles. The fraction of sp³-hybridized carbons (Fsp3) is 0.174. The zero-order chi connectivity index (χ0) is 23.0. The molecule has 0 unspecified atom stereocenters. The van der Waals surface area contributed by atoms with Crippen molar-refractivity contribution in [2.24, 2.45) is 0 Å². The predicted octanol–water partition coefficient (Wildman–Crippen LogP) is 7.01. The van der Waals surface area contributed by atoms with Gasteiger partial charge in [0.1, 0.15) is 17.3 Å². The third-order valence-electron chi connectivity index (χ3n) is 3.93. The molecular weight excluding hydrogens is 434 g/mol. The van der Waals surface area contributed by atoms with Crippen molar-refractivity contribution in [2.45, 2.75) is 25.9 Å². The molecule has 8 heteroatoms. The number of carbonyl (C=O) groups excluding carboxylic acids is 1. The summed E-state index contributed by atoms with van der Waals surface area (Å²) >= 11 is 6.15. The molecule has 2 rings (SSSR count). The van der Waals surface area contributed by atoms with Crippen LogP contribution in [0.5, 0.6) is 5.75 Å². The van der Waals surface area contributed by atoms with Crippen molar-refractivity contribution in [3.63, 3.8) is 0 Å². The maximum absolute atomic E-state index is 12.9. The van der Waals surface area contributed by atoms with Gasteiger partial charge in [-0.25, -0.2) is 4.39 Å². The van der Waals surface area contributed by atoms with Crippen molar-refractivity contribution < 1.29 is 27.1 Å². The molecule has 0 spiro atoms. The summed E-state index contributed by atoms with van der Waals surface area (Å²) < 4.78 is 57.0. The quantitative estimate of drug-likeness (QED) is 0.265. The van der Waals surface area contributed by atoms with E-state index in [4.69, 9.17) is 16.3 Å². The van der Waals surface area contributed by atoms with Crippen LogP contribution >= 0.6 is 11.6 Å². The summed E-state index contributed by atoms with van der Waals surface area (Å²) in [6.45, 7) is 5.17. The highest BCUT2D eigenvalue weighted by molar-refractivity contribution is 6.32. The lowest BCUT2D eigenvalue weighted by Gasteiger charge is -2.11. The first-order valence-corrected chi connectivity index (χ1v) is 9.62. The summed E-state index contributed by atoms with van der Waals surface area (Å²) in [5.41, 5.74) is 0.240. The molecule has 0 aliphatic heterocycles. The fourth-order valence-electron chi connectivity index (χ4n) is 2.51. The number of nitrogens with one attached hydrogen (secondary N) is 1. The van der Waals surface area contributed by atoms with E-state index < -0.39 is 11.7 Å². The van der Waals surface area contributed by atoms with Gasteiger partial charge in [-0.1, -0.05) is 43.3 Å². The SMILES string of the molecule is C=C(/C=C\C(=CCC)C(F)(F)F)Oc1ccc(NC(=O)Cc2ccc(F)cc2)cc1Cl. The fourth-order valence-corrected chi connectivity index (χ4v) is 2.73. The lowest BCUT2D eigenvalue weighted by Crippen LogP contribution is -2.14. The third kappa shape index (κ3) is 7.94. The van der Waals surface area contributed by atoms with E-state index in [1.165, 1.54) is 42.5 Å². The normalized spacial score (nSPS) is 12.1. The van der Waals surface area contributed by atoms with Crippen LogP contribution in [-0.4, -0.2) is 12.1 Å². The summed E-state index contributed by atoms with van der Waals surface area (Å²) in [5, 5.41) is 2.79. The van der Waals surface area contributed by atoms with Crippen LogP contribution in [0.15, 0.2) is 78.6 Å². The van der Waals surface area contributed by atoms with Crippen molar-refractivity contribution >= 4 is 23.2 Å². The zero-order valence-electron chi connectivity index (χ0n) is 16.6. The van der Waals surface area contributed by atoms with E-state index in [1.807, 2.05) is 0 Å². The molecule has 0 aromatic heterocycles. The first-order valence-electron chi connectivity index (χ1n) is 9.24. The summed E-state index contributed by atoms with van der Waals surface area (Å²) in [6.07, 6.45) is -1.16. The van der Waals surface area contributed by atoms with Crippen LogP contribution in [-0.2, 0) is 11.2 Å². The van der Waals surface area contributed by atoms with Gasteiger partial charge in [0.05, 0.1) is 17.0 Å². The van der Waals surface area contributed by atoms with Crippen molar-refractivity contribution in [3.8, 4) is 5.75 Å². The lowest BCUT2D eigenvalue weighted by atomic mass is 10.1. The van der Waals surface area contributed by atoms with Gasteiger partial charge >= 0.3 is 6.18 Å². The number of carbonyl (C=O) groups is 1. The molecule has 2 aromatic rings. The first kappa shape index (κ1) is 24.2. The Morgan fingerprint density at radius 2 is 1.84 bits per heavy atom. The van der Waals surface area contributed by atoms with Gasteiger partial charge in [0.15, 0.2) is 0 Å². The Balaban J connectivity index is 1.99. The molecule has 0 saturated carbocycles. The first-order chi connectivity index (χ1) is 14.6. The van der Waals surface area contributed by atoms with E-state index in [0.29, 0.717) is 11.3 Å². The van der Waals surface area contributed by atoms with Gasteiger partial charge in [-0.15, -0.1) is 0 Å². The monoisotopic (exact) mass is 453 g/mol. The van der Waals surface area contributed by atoms with Gasteiger partial charge in [-0.2, -0.15) is 13.2 Å². The van der Waals surface area contributed by atoms with Crippen molar-refractivity contribution in [3.05, 3.63) is 95.0 Å². The largest absolute Gasteiger partial charge is 0.456 e. The molecule has 0 fully saturated rings. The number of rotatable bonds is 8. The second kappa shape index (κ2) is 10.8. The number of amides is 1. The van der Waals surface area contributed by atoms with Gasteiger partial charge in [0.25, 0.3) is 0 Å². The van der Waals surface area contributed by atoms with E-state index in [0.717, 1.165) is 18.2 Å². The molecule has 0 aliphatic rings. The zero-order valence-corrected chi connectivity index (χ0v) is 17.4. The Labute approximate surface area is 182 Å². The van der Waals surface area contributed by atoms with Crippen LogP contribution in [0.25, 0.3) is 0 Å². The second-order valence-electron chi connectivity index (χ2n) is 6.46. The molecule has 0 radical (unpaired) electrons. The van der Waals surface area contributed by atoms with Crippen LogP contribution in [0, 0.1) is 5.82 Å². The minimum atomic E-state index is -4.47. The van der Waals surface area contributed by atoms with Gasteiger partial charge < -0.3 is 10.1 Å². The minimum absolute atomic E-state index is 0.0405. The number of benzene rings is 2. The van der Waals surface area contributed by atoms with E-state index in [2.05, 4.69) is 11.9 Å². The van der Waals surface area contributed by atoms with Gasteiger partial charge in [-0.05, 0) is 54.5 Å². The Morgan fingerprint density at radius 3 is 2.42 bits per heavy atom. The van der Waals surface area contributed by atoms with Gasteiger partial charge in [0, 0.05) is 5.69 Å². The van der Waals surface area contributed by atoms with Crippen LogP contribution < -0.4 is 10.1 Å². The molecule has 0 bridgehead atoms. The summed E-state index contributed by atoms with van der Waals surface area (Å²) in [6, 6.07) is 9.98. The van der Waals surface area contributed by atoms with Crippen LogP contribution in [0.3, 0.4) is 0 Å². The molecule has 31 heavy (non-hydrogen) atoms. The summed E-state index contributed by atoms with van der Waals surface area (Å²) in [5.74, 6) is -0.591. The average molecular weight is 454 g/mol. The van der Waals surface area contributed by atoms with Crippen molar-refractivity contribution in [1.29, 1.82) is 0 Å². The second-order valence-corrected chi connectivity index (χ2v) is 6.87. The molecule has 1 N–H and O–H groups in total. The number of allylic oxidation sites excluding steroid dienone is 4. The number of hydrogen-bond acceptors (Lipinski definition) is 2. The molecule has 0 atom stereocenters. The smallest absolute Gasteiger partial charge is 0.416 e. The highest BCUT2D eigenvalue weighted by Gasteiger charge is 2.31. The predicted molar refractivity (Wildman–Crippen MR) is 114 cm³/mol. The summed E-state index contributed by atoms with van der Waals surface area (Å²) in [7, 11) is 0. The Morgan fingerprint density at radius 1 is 1.16 bits per heavy atom. The molecular formula is C23H20ClF4NO2. The average Bonchev–Trinajstić information content (AvgIpc) is 2.68. The maximum atomic E-state index is 12.9. The number of alkyl halides is 3. The van der Waals surface area contributed by atoms with Crippen molar-refractivity contribution in [2.75, 3.05) is 5.32 Å². The Hall–Kier alpha value is -3.06. The standard InChI is InChI=1S/C23H20ClF4NO2/c1-3-4-17(23(26,27)28)8-5-15(2)31-21-12-11-19(14-20(21)24)29-22(30)13-16-6-9-18(25)10-7-16/h4-12,14H,2-3,13H2,1H3,(H,29,30)/b8-5-,17-4?. The van der Waals surface area contributed by atoms with Crippen LogP contribution in [0.4, 0.5) is 23.2 Å². The van der Waals surface area contributed by atoms with Gasteiger partial charge in [-0.3, -0.25) is 4.79 Å². The summed E-state index contributed by atoms with van der Waals surface area (Å²) in [4.78, 5) is 12.1. The van der Waals surface area contributed by atoms with E-state index >= 15 is 0 Å². The van der Waals surface area contributed by atoms with Gasteiger partial charge in [0.2, 0.25) is 5.91 Å². The molecule has 164 valence electrons. The molecule has 1 amide bonds. The van der Waals surface area contributed by atoms with Crippen LogP contribution in [0.1, 0.15) is 18.9 Å². The number of anilines is 1. The van der Waals surface area contributed by atoms with E-state index in [-0.39, 0.29) is 41.1 Å². The number of hydrogen-bond donors (Lipinski definition) is 1. The Bertz CT molecular complexity index is 996. The molecule has 2 aromatic carbocycles. The highest BCUT2D eigenvalue weighted by atomic mass is 35.5. The lowest BCUT2D eigenvalue weighted by molar-refractivity contribution is -0.115. The Kier molecular flexibility index (Phi) is 8.45. The molecule has 3 nitrogen and oxygen atoms in total. The van der Waals surface area contributed by atoms with Crippen LogP contribution in [0.2, 0.25) is 5.02 Å². The topological polar surface area (TPSA) is 38.3 Å². The molecule has 0 aliphatic carbocycles. The maximum Gasteiger partial charge on any atom is 0.416 e. The minimum Gasteiger partial charge on any atom is -0.456 e. The number of ether oxygens (including phenoxy) is 1. The van der Waals surface area contributed by atoms with E-state index in [9.17, 15) is 22.4 Å². The number of halogens is 5. The highest BCUT2D eigenvalue weighted by Crippen LogP contribution is 2.30. The third-order valence-corrected chi connectivity index (χ3v) is 4.23.